The van der Waals surface area contributed by atoms with Crippen molar-refractivity contribution in [1.82, 2.24) is 5.43 Å². The van der Waals surface area contributed by atoms with Crippen LogP contribution in [0.25, 0.3) is 0 Å². The van der Waals surface area contributed by atoms with Gasteiger partial charge in [0, 0.05) is 6.04 Å². The molecule has 98 valence electrons. The molecule has 0 saturated heterocycles. The molecule has 1 aliphatic rings. The zero-order chi connectivity index (χ0) is 12.8. The maximum absolute atomic E-state index is 5.71. The normalized spacial score (nSPS) is 17.3. The van der Waals surface area contributed by atoms with Crippen LogP contribution < -0.4 is 11.3 Å². The Balaban J connectivity index is 1.92. The molecule has 18 heavy (non-hydrogen) atoms. The molecular formula is C16H24N2. The molecule has 2 nitrogen and oxygen atoms in total. The Morgan fingerprint density at radius 2 is 2.22 bits per heavy atom. The Labute approximate surface area is 110 Å². The van der Waals surface area contributed by atoms with Gasteiger partial charge in [0.05, 0.1) is 0 Å². The van der Waals surface area contributed by atoms with E-state index in [1.807, 2.05) is 0 Å². The third-order valence-corrected chi connectivity index (χ3v) is 3.78. The van der Waals surface area contributed by atoms with Gasteiger partial charge in [-0.05, 0) is 51.0 Å². The van der Waals surface area contributed by atoms with Gasteiger partial charge in [0.25, 0.3) is 0 Å². The van der Waals surface area contributed by atoms with Crippen molar-refractivity contribution in [2.45, 2.75) is 51.5 Å². The second kappa shape index (κ2) is 6.72. The van der Waals surface area contributed by atoms with Crippen LogP contribution in [0.15, 0.2) is 35.9 Å². The van der Waals surface area contributed by atoms with E-state index in [-0.39, 0.29) is 0 Å². The first-order chi connectivity index (χ1) is 8.79. The number of nitrogens with two attached hydrogens (primary N) is 1. The highest BCUT2D eigenvalue weighted by Crippen LogP contribution is 2.22. The number of nitrogens with one attached hydrogen (secondary N) is 1. The fourth-order valence-corrected chi connectivity index (χ4v) is 2.73. The average molecular weight is 244 g/mol. The SMILES string of the molecule is Cc1cccc(CCC(NN)C2=CCCCC2)c1. The van der Waals surface area contributed by atoms with Crippen LogP contribution in [0.3, 0.4) is 0 Å². The standard InChI is InChI=1S/C16H24N2/c1-13-6-5-7-14(12-13)10-11-16(18-17)15-8-3-2-4-9-15/h5-8,12,16,18H,2-4,9-11,17H2,1H3. The molecule has 0 fully saturated rings. The van der Waals surface area contributed by atoms with Crippen LogP contribution in [0.1, 0.15) is 43.2 Å². The molecule has 3 N–H and O–H groups in total. The van der Waals surface area contributed by atoms with Gasteiger partial charge in [-0.15, -0.1) is 0 Å². The van der Waals surface area contributed by atoms with Crippen molar-refractivity contribution in [1.29, 1.82) is 0 Å². The van der Waals surface area contributed by atoms with Crippen molar-refractivity contribution in [3.63, 3.8) is 0 Å². The fourth-order valence-electron chi connectivity index (χ4n) is 2.73. The molecule has 0 bridgehead atoms. The predicted octanol–water partition coefficient (Wildman–Crippen LogP) is 3.26. The van der Waals surface area contributed by atoms with Crippen LogP contribution in [0.2, 0.25) is 0 Å². The Morgan fingerprint density at radius 1 is 1.33 bits per heavy atom. The lowest BCUT2D eigenvalue weighted by molar-refractivity contribution is 0.516. The molecule has 2 rings (SSSR count). The van der Waals surface area contributed by atoms with Gasteiger partial charge >= 0.3 is 0 Å². The summed E-state index contributed by atoms with van der Waals surface area (Å²) in [6, 6.07) is 9.10. The summed E-state index contributed by atoms with van der Waals surface area (Å²) in [6.45, 7) is 2.14. The van der Waals surface area contributed by atoms with Gasteiger partial charge in [-0.25, -0.2) is 0 Å². The van der Waals surface area contributed by atoms with E-state index >= 15 is 0 Å². The molecule has 1 aliphatic carbocycles. The van der Waals surface area contributed by atoms with Gasteiger partial charge in [-0.2, -0.15) is 0 Å². The minimum Gasteiger partial charge on any atom is -0.271 e. The third-order valence-electron chi connectivity index (χ3n) is 3.78. The zero-order valence-electron chi connectivity index (χ0n) is 11.3. The lowest BCUT2D eigenvalue weighted by atomic mass is 9.91. The summed E-state index contributed by atoms with van der Waals surface area (Å²) < 4.78 is 0. The first-order valence-corrected chi connectivity index (χ1v) is 7.00. The minimum atomic E-state index is 0.353. The largest absolute Gasteiger partial charge is 0.271 e. The van der Waals surface area contributed by atoms with Crippen LogP contribution >= 0.6 is 0 Å². The molecule has 0 saturated carbocycles. The minimum absolute atomic E-state index is 0.353. The number of hydrazine groups is 1. The van der Waals surface area contributed by atoms with Gasteiger partial charge in [0.2, 0.25) is 0 Å². The van der Waals surface area contributed by atoms with E-state index in [1.54, 1.807) is 0 Å². The number of allylic oxidation sites excluding steroid dienone is 1. The number of benzene rings is 1. The van der Waals surface area contributed by atoms with Gasteiger partial charge in [0.1, 0.15) is 0 Å². The average Bonchev–Trinajstić information content (AvgIpc) is 2.41. The van der Waals surface area contributed by atoms with Crippen molar-refractivity contribution < 1.29 is 0 Å². The summed E-state index contributed by atoms with van der Waals surface area (Å²) in [7, 11) is 0. The summed E-state index contributed by atoms with van der Waals surface area (Å²) in [4.78, 5) is 0. The molecule has 0 heterocycles. The van der Waals surface area contributed by atoms with Crippen molar-refractivity contribution >= 4 is 0 Å². The van der Waals surface area contributed by atoms with E-state index in [2.05, 4.69) is 42.7 Å². The number of rotatable bonds is 5. The molecule has 0 radical (unpaired) electrons. The summed E-state index contributed by atoms with van der Waals surface area (Å²) in [5, 5.41) is 0. The van der Waals surface area contributed by atoms with E-state index in [1.165, 1.54) is 42.4 Å². The topological polar surface area (TPSA) is 38.0 Å². The molecule has 0 aliphatic heterocycles. The van der Waals surface area contributed by atoms with Crippen LogP contribution in [0.5, 0.6) is 0 Å². The first-order valence-electron chi connectivity index (χ1n) is 7.00. The Kier molecular flexibility index (Phi) is 4.97. The van der Waals surface area contributed by atoms with Crippen LogP contribution in [0, 0.1) is 6.92 Å². The summed E-state index contributed by atoms with van der Waals surface area (Å²) in [5.74, 6) is 5.71. The number of hydrogen-bond acceptors (Lipinski definition) is 2. The highest BCUT2D eigenvalue weighted by Gasteiger charge is 2.14. The van der Waals surface area contributed by atoms with E-state index in [0.717, 1.165) is 12.8 Å². The monoisotopic (exact) mass is 244 g/mol. The maximum Gasteiger partial charge on any atom is 0.0422 e. The van der Waals surface area contributed by atoms with Crippen LogP contribution in [-0.4, -0.2) is 6.04 Å². The molecule has 2 heteroatoms. The Morgan fingerprint density at radius 3 is 2.89 bits per heavy atom. The first kappa shape index (κ1) is 13.3. The van der Waals surface area contributed by atoms with E-state index in [9.17, 15) is 0 Å². The van der Waals surface area contributed by atoms with Gasteiger partial charge in [-0.3, -0.25) is 11.3 Å². The van der Waals surface area contributed by atoms with Crippen molar-refractivity contribution in [2.24, 2.45) is 5.84 Å². The van der Waals surface area contributed by atoms with Crippen molar-refractivity contribution in [3.8, 4) is 0 Å². The Bertz CT molecular complexity index is 409. The van der Waals surface area contributed by atoms with Gasteiger partial charge < -0.3 is 0 Å². The number of hydrogen-bond donors (Lipinski definition) is 2. The molecule has 1 aromatic rings. The quantitative estimate of drug-likeness (QED) is 0.474. The second-order valence-electron chi connectivity index (χ2n) is 5.27. The molecule has 1 aromatic carbocycles. The molecule has 1 unspecified atom stereocenters. The van der Waals surface area contributed by atoms with Crippen LogP contribution in [0.4, 0.5) is 0 Å². The highest BCUT2D eigenvalue weighted by molar-refractivity contribution is 5.23. The van der Waals surface area contributed by atoms with Crippen LogP contribution in [-0.2, 0) is 6.42 Å². The fraction of sp³-hybridized carbons (Fsp3) is 0.500. The molecule has 1 atom stereocenters. The lowest BCUT2D eigenvalue weighted by Crippen LogP contribution is -2.37. The van der Waals surface area contributed by atoms with Crippen molar-refractivity contribution in [2.75, 3.05) is 0 Å². The van der Waals surface area contributed by atoms with Gasteiger partial charge in [-0.1, -0.05) is 41.5 Å². The van der Waals surface area contributed by atoms with E-state index in [4.69, 9.17) is 5.84 Å². The Hall–Kier alpha value is -1.12. The molecule has 0 spiro atoms. The smallest absolute Gasteiger partial charge is 0.0422 e. The summed E-state index contributed by atoms with van der Waals surface area (Å²) in [5.41, 5.74) is 7.24. The lowest BCUT2D eigenvalue weighted by Gasteiger charge is -2.22. The summed E-state index contributed by atoms with van der Waals surface area (Å²) in [6.07, 6.45) is 9.64. The maximum atomic E-state index is 5.71. The molecular weight excluding hydrogens is 220 g/mol. The number of aryl methyl sites for hydroxylation is 2. The van der Waals surface area contributed by atoms with E-state index < -0.39 is 0 Å². The molecule has 0 aromatic heterocycles. The zero-order valence-corrected chi connectivity index (χ0v) is 11.3. The molecule has 0 amide bonds. The van der Waals surface area contributed by atoms with Crippen molar-refractivity contribution in [3.05, 3.63) is 47.0 Å². The summed E-state index contributed by atoms with van der Waals surface area (Å²) >= 11 is 0. The highest BCUT2D eigenvalue weighted by atomic mass is 15.2. The van der Waals surface area contributed by atoms with Gasteiger partial charge in [0.15, 0.2) is 0 Å². The third kappa shape index (κ3) is 3.69. The predicted molar refractivity (Wildman–Crippen MR) is 77.2 cm³/mol. The second-order valence-corrected chi connectivity index (χ2v) is 5.27. The van der Waals surface area contributed by atoms with E-state index in [0.29, 0.717) is 6.04 Å².